The van der Waals surface area contributed by atoms with Crippen LogP contribution in [0.15, 0.2) is 18.7 Å². The molecule has 1 aromatic heterocycles. The average Bonchev–Trinajstić information content (AvgIpc) is 2.85. The van der Waals surface area contributed by atoms with Gasteiger partial charge in [-0.05, 0) is 37.6 Å². The first kappa shape index (κ1) is 10.7. The fourth-order valence-electron chi connectivity index (χ4n) is 1.99. The number of rotatable bonds is 7. The molecular formula is C12H21N3. The molecule has 3 heteroatoms. The molecule has 3 nitrogen and oxygen atoms in total. The van der Waals surface area contributed by atoms with Gasteiger partial charge in [0.2, 0.25) is 0 Å². The van der Waals surface area contributed by atoms with Crippen molar-refractivity contribution in [1.82, 2.24) is 14.9 Å². The van der Waals surface area contributed by atoms with Crippen molar-refractivity contribution in [2.75, 3.05) is 13.1 Å². The summed E-state index contributed by atoms with van der Waals surface area (Å²) in [6, 6.07) is 0. The van der Waals surface area contributed by atoms with Crippen LogP contribution in [0.1, 0.15) is 32.6 Å². The van der Waals surface area contributed by atoms with Crippen LogP contribution in [0.3, 0.4) is 0 Å². The Morgan fingerprint density at radius 1 is 1.47 bits per heavy atom. The van der Waals surface area contributed by atoms with E-state index in [0.29, 0.717) is 5.41 Å². The normalized spacial score (nSPS) is 17.9. The lowest BCUT2D eigenvalue weighted by atomic mass is 10.0. The highest BCUT2D eigenvalue weighted by molar-refractivity contribution is 4.93. The summed E-state index contributed by atoms with van der Waals surface area (Å²) in [6.07, 6.45) is 11.1. The Labute approximate surface area is 91.9 Å². The third-order valence-electron chi connectivity index (χ3n) is 3.54. The number of imidazole rings is 1. The van der Waals surface area contributed by atoms with E-state index in [1.807, 2.05) is 18.7 Å². The van der Waals surface area contributed by atoms with Crippen molar-refractivity contribution in [1.29, 1.82) is 0 Å². The maximum atomic E-state index is 4.03. The van der Waals surface area contributed by atoms with Crippen molar-refractivity contribution >= 4 is 0 Å². The predicted octanol–water partition coefficient (Wildman–Crippen LogP) is 2.05. The van der Waals surface area contributed by atoms with Crippen molar-refractivity contribution in [3.05, 3.63) is 18.7 Å². The van der Waals surface area contributed by atoms with Crippen molar-refractivity contribution in [2.24, 2.45) is 5.41 Å². The first-order valence-electron chi connectivity index (χ1n) is 6.01. The molecule has 1 aliphatic carbocycles. The third kappa shape index (κ3) is 3.06. The molecule has 15 heavy (non-hydrogen) atoms. The van der Waals surface area contributed by atoms with Gasteiger partial charge in [-0.3, -0.25) is 0 Å². The molecule has 0 bridgehead atoms. The number of aryl methyl sites for hydroxylation is 1. The first-order chi connectivity index (χ1) is 7.35. The van der Waals surface area contributed by atoms with Gasteiger partial charge < -0.3 is 9.88 Å². The summed E-state index contributed by atoms with van der Waals surface area (Å²) in [7, 11) is 0. The molecule has 0 amide bonds. The standard InChI is InChI=1S/C12H21N3/c1-2-12(4-5-12)10-13-6-3-8-15-9-7-14-11-15/h7,9,11,13H,2-6,8,10H2,1H3. The molecule has 2 rings (SSSR count). The lowest BCUT2D eigenvalue weighted by Gasteiger charge is -2.13. The monoisotopic (exact) mass is 207 g/mol. The van der Waals surface area contributed by atoms with E-state index < -0.39 is 0 Å². The Bertz CT molecular complexity index is 275. The van der Waals surface area contributed by atoms with Crippen molar-refractivity contribution in [3.8, 4) is 0 Å². The third-order valence-corrected chi connectivity index (χ3v) is 3.54. The highest BCUT2D eigenvalue weighted by Gasteiger charge is 2.39. The van der Waals surface area contributed by atoms with Crippen LogP contribution >= 0.6 is 0 Å². The van der Waals surface area contributed by atoms with Crippen molar-refractivity contribution < 1.29 is 0 Å². The maximum absolute atomic E-state index is 4.03. The fraction of sp³-hybridized carbons (Fsp3) is 0.750. The van der Waals surface area contributed by atoms with Crippen LogP contribution in [0.4, 0.5) is 0 Å². The molecule has 1 fully saturated rings. The second kappa shape index (κ2) is 4.79. The van der Waals surface area contributed by atoms with Gasteiger partial charge in [0.15, 0.2) is 0 Å². The molecule has 0 atom stereocenters. The largest absolute Gasteiger partial charge is 0.337 e. The fourth-order valence-corrected chi connectivity index (χ4v) is 1.99. The van der Waals surface area contributed by atoms with Gasteiger partial charge in [0.05, 0.1) is 6.33 Å². The summed E-state index contributed by atoms with van der Waals surface area (Å²) in [5.41, 5.74) is 0.676. The molecule has 0 spiro atoms. The van der Waals surface area contributed by atoms with Gasteiger partial charge in [-0.1, -0.05) is 6.92 Å². The van der Waals surface area contributed by atoms with Crippen LogP contribution in [0.25, 0.3) is 0 Å². The zero-order chi connectivity index (χ0) is 10.6. The Kier molecular flexibility index (Phi) is 3.41. The smallest absolute Gasteiger partial charge is 0.0945 e. The number of hydrogen-bond acceptors (Lipinski definition) is 2. The summed E-state index contributed by atoms with van der Waals surface area (Å²) in [6.45, 7) is 5.72. The molecule has 1 aromatic rings. The lowest BCUT2D eigenvalue weighted by molar-refractivity contribution is 0.436. The predicted molar refractivity (Wildman–Crippen MR) is 61.7 cm³/mol. The Morgan fingerprint density at radius 2 is 2.33 bits per heavy atom. The van der Waals surface area contributed by atoms with Gasteiger partial charge >= 0.3 is 0 Å². The van der Waals surface area contributed by atoms with Gasteiger partial charge in [0.1, 0.15) is 0 Å². The van der Waals surface area contributed by atoms with Crippen LogP contribution in [0.5, 0.6) is 0 Å². The zero-order valence-corrected chi connectivity index (χ0v) is 9.58. The topological polar surface area (TPSA) is 29.9 Å². The summed E-state index contributed by atoms with van der Waals surface area (Å²) in [5.74, 6) is 0. The van der Waals surface area contributed by atoms with Crippen LogP contribution in [0, 0.1) is 5.41 Å². The van der Waals surface area contributed by atoms with Crippen molar-refractivity contribution in [3.63, 3.8) is 0 Å². The van der Waals surface area contributed by atoms with E-state index in [-0.39, 0.29) is 0 Å². The van der Waals surface area contributed by atoms with E-state index in [2.05, 4.69) is 21.8 Å². The van der Waals surface area contributed by atoms with Crippen LogP contribution < -0.4 is 5.32 Å². The van der Waals surface area contributed by atoms with Crippen molar-refractivity contribution in [2.45, 2.75) is 39.2 Å². The van der Waals surface area contributed by atoms with E-state index in [0.717, 1.165) is 13.1 Å². The molecular weight excluding hydrogens is 186 g/mol. The van der Waals surface area contributed by atoms with E-state index in [1.54, 1.807) is 0 Å². The van der Waals surface area contributed by atoms with Gasteiger partial charge in [0, 0.05) is 25.5 Å². The minimum atomic E-state index is 0.676. The lowest BCUT2D eigenvalue weighted by Crippen LogP contribution is -2.25. The summed E-state index contributed by atoms with van der Waals surface area (Å²) >= 11 is 0. The highest BCUT2D eigenvalue weighted by atomic mass is 15.0. The molecule has 1 N–H and O–H groups in total. The molecule has 0 unspecified atom stereocenters. The van der Waals surface area contributed by atoms with Gasteiger partial charge in [-0.25, -0.2) is 4.98 Å². The number of aromatic nitrogens is 2. The van der Waals surface area contributed by atoms with Crippen LogP contribution in [0.2, 0.25) is 0 Å². The Balaban J connectivity index is 1.52. The quantitative estimate of drug-likeness (QED) is 0.694. The second-order valence-electron chi connectivity index (χ2n) is 4.68. The van der Waals surface area contributed by atoms with Gasteiger partial charge in [0.25, 0.3) is 0 Å². The second-order valence-corrected chi connectivity index (χ2v) is 4.68. The van der Waals surface area contributed by atoms with Crippen LogP contribution in [-0.4, -0.2) is 22.6 Å². The Morgan fingerprint density at radius 3 is 2.93 bits per heavy atom. The summed E-state index contributed by atoms with van der Waals surface area (Å²) in [5, 5.41) is 3.57. The van der Waals surface area contributed by atoms with E-state index >= 15 is 0 Å². The first-order valence-corrected chi connectivity index (χ1v) is 6.01. The highest BCUT2D eigenvalue weighted by Crippen LogP contribution is 2.47. The average molecular weight is 207 g/mol. The molecule has 0 aliphatic heterocycles. The van der Waals surface area contributed by atoms with Gasteiger partial charge in [-0.2, -0.15) is 0 Å². The number of nitrogens with one attached hydrogen (secondary N) is 1. The zero-order valence-electron chi connectivity index (χ0n) is 9.58. The Hall–Kier alpha value is -0.830. The summed E-state index contributed by atoms with van der Waals surface area (Å²) < 4.78 is 2.13. The molecule has 84 valence electrons. The molecule has 0 saturated heterocycles. The molecule has 1 saturated carbocycles. The molecule has 1 heterocycles. The minimum absolute atomic E-state index is 0.676. The van der Waals surface area contributed by atoms with Gasteiger partial charge in [-0.15, -0.1) is 0 Å². The SMILES string of the molecule is CCC1(CNCCCn2ccnc2)CC1. The molecule has 0 radical (unpaired) electrons. The van der Waals surface area contributed by atoms with Crippen LogP contribution in [-0.2, 0) is 6.54 Å². The molecule has 1 aliphatic rings. The van der Waals surface area contributed by atoms with E-state index in [4.69, 9.17) is 0 Å². The maximum Gasteiger partial charge on any atom is 0.0945 e. The van der Waals surface area contributed by atoms with E-state index in [9.17, 15) is 0 Å². The number of nitrogens with zero attached hydrogens (tertiary/aromatic N) is 2. The molecule has 0 aromatic carbocycles. The number of hydrogen-bond donors (Lipinski definition) is 1. The van der Waals surface area contributed by atoms with E-state index in [1.165, 1.54) is 32.2 Å². The minimum Gasteiger partial charge on any atom is -0.337 e. The summed E-state index contributed by atoms with van der Waals surface area (Å²) in [4.78, 5) is 4.03.